The van der Waals surface area contributed by atoms with Crippen molar-refractivity contribution >= 4 is 5.57 Å². The van der Waals surface area contributed by atoms with Gasteiger partial charge in [-0.3, -0.25) is 0 Å². The molecule has 2 aliphatic rings. The summed E-state index contributed by atoms with van der Waals surface area (Å²) in [7, 11) is 0. The Labute approximate surface area is 167 Å². The van der Waals surface area contributed by atoms with Gasteiger partial charge in [0.15, 0.2) is 0 Å². The lowest BCUT2D eigenvalue weighted by Crippen LogP contribution is -2.26. The van der Waals surface area contributed by atoms with Crippen molar-refractivity contribution in [2.24, 2.45) is 0 Å². The van der Waals surface area contributed by atoms with Gasteiger partial charge in [0.25, 0.3) is 0 Å². The zero-order valence-electron chi connectivity index (χ0n) is 16.5. The molecule has 0 bridgehead atoms. The highest BCUT2D eigenvalue weighted by atomic mass is 14.5. The van der Waals surface area contributed by atoms with Crippen LogP contribution in [0.1, 0.15) is 41.7 Å². The van der Waals surface area contributed by atoms with Gasteiger partial charge in [-0.2, -0.15) is 0 Å². The van der Waals surface area contributed by atoms with Crippen LogP contribution in [0.15, 0.2) is 97.1 Å². The van der Waals surface area contributed by atoms with Crippen LogP contribution in [-0.4, -0.2) is 0 Å². The summed E-state index contributed by atoms with van der Waals surface area (Å²) in [5.74, 6) is 0. The third-order valence-electron chi connectivity index (χ3n) is 6.46. The molecule has 0 amide bonds. The Morgan fingerprint density at radius 1 is 0.821 bits per heavy atom. The molecule has 0 heteroatoms. The van der Waals surface area contributed by atoms with Gasteiger partial charge in [-0.05, 0) is 63.4 Å². The van der Waals surface area contributed by atoms with Crippen molar-refractivity contribution in [3.05, 3.63) is 125 Å². The Kier molecular flexibility index (Phi) is 3.77. The number of fused-ring (bicyclic) bond motifs is 7. The Bertz CT molecular complexity index is 1120. The number of hydrogen-bond donors (Lipinski definition) is 0. The van der Waals surface area contributed by atoms with Crippen LogP contribution in [0.2, 0.25) is 0 Å². The second-order valence-electron chi connectivity index (χ2n) is 7.71. The van der Waals surface area contributed by atoms with Crippen molar-refractivity contribution in [1.82, 2.24) is 0 Å². The van der Waals surface area contributed by atoms with E-state index in [1.807, 2.05) is 6.08 Å². The van der Waals surface area contributed by atoms with Crippen LogP contribution >= 0.6 is 0 Å². The van der Waals surface area contributed by atoms with Crippen LogP contribution in [0, 0.1) is 0 Å². The minimum atomic E-state index is -0.238. The fraction of sp³-hybridized carbons (Fsp3) is 0.143. The van der Waals surface area contributed by atoms with Crippen molar-refractivity contribution in [2.75, 3.05) is 0 Å². The van der Waals surface area contributed by atoms with Gasteiger partial charge in [0.1, 0.15) is 0 Å². The molecule has 0 fully saturated rings. The summed E-state index contributed by atoms with van der Waals surface area (Å²) in [6.07, 6.45) is 7.28. The zero-order valence-corrected chi connectivity index (χ0v) is 16.5. The van der Waals surface area contributed by atoms with E-state index in [0.717, 1.165) is 6.42 Å². The number of hydrogen-bond acceptors (Lipinski definition) is 0. The Hall–Kier alpha value is -3.12. The van der Waals surface area contributed by atoms with Crippen LogP contribution in [0.3, 0.4) is 0 Å². The molecule has 0 atom stereocenters. The standard InChI is InChI=1S/C28H24/c1-4-6-13-24-19(3)23-18-20(5-2)16-17-27(23)28(24)25-14-9-7-11-21(25)22-12-8-10-15-26(22)28/h4,6-18H,1,5H2,2-3H3/b13-6-. The molecule has 0 aromatic heterocycles. The van der Waals surface area contributed by atoms with Crippen LogP contribution in [0.25, 0.3) is 16.7 Å². The average Bonchev–Trinajstić information content (AvgIpc) is 3.18. The normalized spacial score (nSPS) is 15.8. The Balaban J connectivity index is 1.96. The minimum absolute atomic E-state index is 0.238. The molecule has 0 saturated heterocycles. The Morgan fingerprint density at radius 3 is 2.04 bits per heavy atom. The van der Waals surface area contributed by atoms with Crippen molar-refractivity contribution in [1.29, 1.82) is 0 Å². The molecule has 0 radical (unpaired) electrons. The van der Waals surface area contributed by atoms with Crippen LogP contribution in [0.5, 0.6) is 0 Å². The maximum Gasteiger partial charge on any atom is 0.0722 e. The molecular formula is C28H24. The molecule has 28 heavy (non-hydrogen) atoms. The van der Waals surface area contributed by atoms with E-state index in [1.54, 1.807) is 0 Å². The summed E-state index contributed by atoms with van der Waals surface area (Å²) >= 11 is 0. The van der Waals surface area contributed by atoms with Gasteiger partial charge >= 0.3 is 0 Å². The smallest absolute Gasteiger partial charge is 0.0722 e. The lowest BCUT2D eigenvalue weighted by Gasteiger charge is -2.31. The molecule has 0 nitrogen and oxygen atoms in total. The molecule has 3 aromatic carbocycles. The maximum atomic E-state index is 3.92. The first-order chi connectivity index (χ1) is 13.7. The first-order valence-electron chi connectivity index (χ1n) is 10.1. The highest BCUT2D eigenvalue weighted by Gasteiger charge is 2.51. The molecule has 0 saturated carbocycles. The highest BCUT2D eigenvalue weighted by Crippen LogP contribution is 2.61. The van der Waals surface area contributed by atoms with Gasteiger partial charge in [0, 0.05) is 0 Å². The van der Waals surface area contributed by atoms with Crippen LogP contribution < -0.4 is 0 Å². The van der Waals surface area contributed by atoms with Crippen molar-refractivity contribution in [3.8, 4) is 11.1 Å². The topological polar surface area (TPSA) is 0 Å². The third kappa shape index (κ3) is 2.01. The van der Waals surface area contributed by atoms with Crippen molar-refractivity contribution < 1.29 is 0 Å². The minimum Gasteiger partial charge on any atom is -0.0991 e. The van der Waals surface area contributed by atoms with Crippen LogP contribution in [-0.2, 0) is 11.8 Å². The van der Waals surface area contributed by atoms with Gasteiger partial charge < -0.3 is 0 Å². The number of benzene rings is 3. The third-order valence-corrected chi connectivity index (χ3v) is 6.46. The van der Waals surface area contributed by atoms with Crippen LogP contribution in [0.4, 0.5) is 0 Å². The fourth-order valence-electron chi connectivity index (χ4n) is 5.25. The van der Waals surface area contributed by atoms with E-state index >= 15 is 0 Å². The largest absolute Gasteiger partial charge is 0.0991 e. The van der Waals surface area contributed by atoms with E-state index in [0.29, 0.717) is 0 Å². The van der Waals surface area contributed by atoms with Crippen molar-refractivity contribution in [2.45, 2.75) is 25.7 Å². The monoisotopic (exact) mass is 360 g/mol. The SMILES string of the molecule is C=C/C=C\C1=C(C)c2cc(CC)ccc2C12c1ccccc1-c1ccccc12. The second kappa shape index (κ2) is 6.21. The summed E-state index contributed by atoms with van der Waals surface area (Å²) in [6.45, 7) is 8.42. The lowest BCUT2D eigenvalue weighted by molar-refractivity contribution is 0.785. The molecule has 136 valence electrons. The maximum absolute atomic E-state index is 3.92. The summed E-state index contributed by atoms with van der Waals surface area (Å²) in [4.78, 5) is 0. The number of rotatable bonds is 3. The first kappa shape index (κ1) is 17.0. The fourth-order valence-corrected chi connectivity index (χ4v) is 5.25. The van der Waals surface area contributed by atoms with E-state index < -0.39 is 0 Å². The van der Waals surface area contributed by atoms with Gasteiger partial charge in [-0.15, -0.1) is 0 Å². The van der Waals surface area contributed by atoms with Crippen molar-refractivity contribution in [3.63, 3.8) is 0 Å². The van der Waals surface area contributed by atoms with E-state index in [2.05, 4.69) is 99.3 Å². The average molecular weight is 361 g/mol. The van der Waals surface area contributed by atoms with Gasteiger partial charge in [-0.1, -0.05) is 98.5 Å². The van der Waals surface area contributed by atoms with Gasteiger partial charge in [0.2, 0.25) is 0 Å². The number of aryl methyl sites for hydroxylation is 1. The predicted octanol–water partition coefficient (Wildman–Crippen LogP) is 7.09. The van der Waals surface area contributed by atoms with E-state index in [-0.39, 0.29) is 5.41 Å². The second-order valence-corrected chi connectivity index (χ2v) is 7.71. The molecule has 0 N–H and O–H groups in total. The predicted molar refractivity (Wildman–Crippen MR) is 120 cm³/mol. The number of allylic oxidation sites excluding steroid dienone is 5. The van der Waals surface area contributed by atoms with E-state index in [4.69, 9.17) is 0 Å². The van der Waals surface area contributed by atoms with Gasteiger partial charge in [-0.25, -0.2) is 0 Å². The molecule has 0 heterocycles. The van der Waals surface area contributed by atoms with E-state index in [1.165, 1.54) is 50.1 Å². The molecular weight excluding hydrogens is 336 g/mol. The highest BCUT2D eigenvalue weighted by molar-refractivity contribution is 5.95. The summed E-state index contributed by atoms with van der Waals surface area (Å²) in [5, 5.41) is 0. The first-order valence-corrected chi connectivity index (χ1v) is 10.1. The summed E-state index contributed by atoms with van der Waals surface area (Å²) in [5.41, 5.74) is 12.2. The quantitative estimate of drug-likeness (QED) is 0.437. The molecule has 1 spiro atoms. The van der Waals surface area contributed by atoms with Gasteiger partial charge in [0.05, 0.1) is 5.41 Å². The summed E-state index contributed by atoms with van der Waals surface area (Å²) in [6, 6.07) is 24.9. The summed E-state index contributed by atoms with van der Waals surface area (Å²) < 4.78 is 0. The Morgan fingerprint density at radius 2 is 1.43 bits per heavy atom. The zero-order chi connectivity index (χ0) is 19.3. The molecule has 0 aliphatic heterocycles. The molecule has 0 unspecified atom stereocenters. The molecule has 2 aliphatic carbocycles. The lowest BCUT2D eigenvalue weighted by atomic mass is 9.69. The molecule has 3 aromatic rings. The van der Waals surface area contributed by atoms with E-state index in [9.17, 15) is 0 Å². The molecule has 5 rings (SSSR count).